The molecule has 1 aliphatic rings. The third-order valence-corrected chi connectivity index (χ3v) is 5.97. The minimum Gasteiger partial charge on any atom is -0.289 e. The Morgan fingerprint density at radius 3 is 2.59 bits per heavy atom. The van der Waals surface area contributed by atoms with Gasteiger partial charge in [-0.25, -0.2) is 9.07 Å². The molecule has 3 aromatic rings. The van der Waals surface area contributed by atoms with Crippen molar-refractivity contribution in [2.24, 2.45) is 5.92 Å². The lowest BCUT2D eigenvalue weighted by atomic mass is 9.97. The Morgan fingerprint density at radius 2 is 1.93 bits per heavy atom. The first kappa shape index (κ1) is 19.9. The third-order valence-electron chi connectivity index (χ3n) is 5.05. The SMILES string of the molecule is CC1CCN(C(c2cccs2)c2nnnn2Cc2ccc(F)cc2)CC1.Cl. The van der Waals surface area contributed by atoms with Gasteiger partial charge in [-0.2, -0.15) is 0 Å². The molecular formula is C19H23ClFN5S. The van der Waals surface area contributed by atoms with E-state index >= 15 is 0 Å². The van der Waals surface area contributed by atoms with E-state index in [4.69, 9.17) is 0 Å². The summed E-state index contributed by atoms with van der Waals surface area (Å²) in [4.78, 5) is 3.74. The monoisotopic (exact) mass is 407 g/mol. The Morgan fingerprint density at radius 1 is 1.19 bits per heavy atom. The van der Waals surface area contributed by atoms with Crippen molar-refractivity contribution in [3.05, 3.63) is 63.9 Å². The van der Waals surface area contributed by atoms with Crippen molar-refractivity contribution in [3.8, 4) is 0 Å². The fourth-order valence-corrected chi connectivity index (χ4v) is 4.34. The first-order chi connectivity index (χ1) is 12.7. The van der Waals surface area contributed by atoms with Crippen molar-refractivity contribution < 1.29 is 4.39 Å². The maximum Gasteiger partial charge on any atom is 0.174 e. The minimum atomic E-state index is -0.232. The molecule has 0 radical (unpaired) electrons. The average molecular weight is 408 g/mol. The molecule has 1 saturated heterocycles. The maximum absolute atomic E-state index is 13.2. The molecule has 4 rings (SSSR count). The summed E-state index contributed by atoms with van der Waals surface area (Å²) in [5, 5.41) is 14.6. The molecule has 0 aliphatic carbocycles. The molecule has 27 heavy (non-hydrogen) atoms. The van der Waals surface area contributed by atoms with E-state index in [0.717, 1.165) is 30.4 Å². The standard InChI is InChI=1S/C19H22FN5S.ClH/c1-14-8-10-24(11-9-14)18(17-3-2-12-26-17)19-21-22-23-25(19)13-15-4-6-16(20)7-5-15;/h2-7,12,14,18H,8-11,13H2,1H3;1H. The minimum absolute atomic E-state index is 0. The lowest BCUT2D eigenvalue weighted by Crippen LogP contribution is -2.37. The first-order valence-corrected chi connectivity index (χ1v) is 9.86. The van der Waals surface area contributed by atoms with Crippen LogP contribution in [0.5, 0.6) is 0 Å². The number of piperidine rings is 1. The van der Waals surface area contributed by atoms with Crippen LogP contribution in [0.1, 0.15) is 42.1 Å². The molecule has 1 unspecified atom stereocenters. The van der Waals surface area contributed by atoms with Crippen LogP contribution in [0.25, 0.3) is 0 Å². The molecule has 0 N–H and O–H groups in total. The number of thiophene rings is 1. The molecule has 0 bridgehead atoms. The highest BCUT2D eigenvalue weighted by Gasteiger charge is 2.30. The fraction of sp³-hybridized carbons (Fsp3) is 0.421. The quantitative estimate of drug-likeness (QED) is 0.637. The van der Waals surface area contributed by atoms with Gasteiger partial charge in [0, 0.05) is 4.88 Å². The van der Waals surface area contributed by atoms with Crippen LogP contribution in [0.2, 0.25) is 0 Å². The van der Waals surface area contributed by atoms with E-state index in [1.54, 1.807) is 23.5 Å². The molecule has 5 nitrogen and oxygen atoms in total. The summed E-state index contributed by atoms with van der Waals surface area (Å²) < 4.78 is 15.0. The molecule has 1 atom stereocenters. The summed E-state index contributed by atoms with van der Waals surface area (Å²) in [5.41, 5.74) is 0.983. The number of hydrogen-bond acceptors (Lipinski definition) is 5. The number of likely N-dealkylation sites (tertiary alicyclic amines) is 1. The number of nitrogens with zero attached hydrogens (tertiary/aromatic N) is 5. The molecule has 3 heterocycles. The number of tetrazole rings is 1. The summed E-state index contributed by atoms with van der Waals surface area (Å²) in [7, 11) is 0. The van der Waals surface area contributed by atoms with Gasteiger partial charge in [-0.15, -0.1) is 28.8 Å². The van der Waals surface area contributed by atoms with Gasteiger partial charge in [0.1, 0.15) is 11.9 Å². The van der Waals surface area contributed by atoms with Crippen molar-refractivity contribution in [3.63, 3.8) is 0 Å². The number of benzene rings is 1. The lowest BCUT2D eigenvalue weighted by molar-refractivity contribution is 0.152. The largest absolute Gasteiger partial charge is 0.289 e. The average Bonchev–Trinajstić information content (AvgIpc) is 3.32. The summed E-state index contributed by atoms with van der Waals surface area (Å²) in [5.74, 6) is 1.39. The van der Waals surface area contributed by atoms with Crippen molar-refractivity contribution in [2.75, 3.05) is 13.1 Å². The number of rotatable bonds is 5. The Balaban J connectivity index is 0.00000210. The second kappa shape index (κ2) is 8.91. The van der Waals surface area contributed by atoms with Crippen LogP contribution in [0, 0.1) is 11.7 Å². The van der Waals surface area contributed by atoms with Crippen LogP contribution in [0.4, 0.5) is 4.39 Å². The van der Waals surface area contributed by atoms with Gasteiger partial charge < -0.3 is 0 Å². The summed E-state index contributed by atoms with van der Waals surface area (Å²) >= 11 is 1.74. The highest BCUT2D eigenvalue weighted by atomic mass is 35.5. The molecule has 2 aromatic heterocycles. The zero-order valence-electron chi connectivity index (χ0n) is 15.2. The highest BCUT2D eigenvalue weighted by Crippen LogP contribution is 2.33. The molecule has 144 valence electrons. The van der Waals surface area contributed by atoms with Crippen LogP contribution in [0.15, 0.2) is 41.8 Å². The Hall–Kier alpha value is -1.83. The van der Waals surface area contributed by atoms with E-state index in [2.05, 4.69) is 44.9 Å². The van der Waals surface area contributed by atoms with Crippen LogP contribution >= 0.6 is 23.7 Å². The van der Waals surface area contributed by atoms with Gasteiger partial charge in [-0.3, -0.25) is 4.90 Å². The maximum atomic E-state index is 13.2. The lowest BCUT2D eigenvalue weighted by Gasteiger charge is -2.35. The van der Waals surface area contributed by atoms with E-state index in [1.165, 1.54) is 29.9 Å². The van der Waals surface area contributed by atoms with Crippen molar-refractivity contribution in [2.45, 2.75) is 32.4 Å². The fourth-order valence-electron chi connectivity index (χ4n) is 3.49. The van der Waals surface area contributed by atoms with Gasteiger partial charge in [0.15, 0.2) is 5.82 Å². The first-order valence-electron chi connectivity index (χ1n) is 8.98. The van der Waals surface area contributed by atoms with Gasteiger partial charge in [0.05, 0.1) is 6.54 Å². The summed E-state index contributed by atoms with van der Waals surface area (Å²) in [6, 6.07) is 10.8. The van der Waals surface area contributed by atoms with Gasteiger partial charge in [-0.1, -0.05) is 25.1 Å². The third kappa shape index (κ3) is 4.54. The number of halogens is 2. The Bertz CT molecular complexity index is 828. The Labute approximate surface area is 168 Å². The predicted octanol–water partition coefficient (Wildman–Crippen LogP) is 4.17. The van der Waals surface area contributed by atoms with Gasteiger partial charge in [0.2, 0.25) is 0 Å². The normalized spacial score (nSPS) is 16.8. The smallest absolute Gasteiger partial charge is 0.174 e. The molecular weight excluding hydrogens is 385 g/mol. The molecule has 0 saturated carbocycles. The highest BCUT2D eigenvalue weighted by molar-refractivity contribution is 7.10. The topological polar surface area (TPSA) is 46.8 Å². The van der Waals surface area contributed by atoms with Gasteiger partial charge in [0.25, 0.3) is 0 Å². The van der Waals surface area contributed by atoms with E-state index in [0.29, 0.717) is 6.54 Å². The number of hydrogen-bond donors (Lipinski definition) is 0. The summed E-state index contributed by atoms with van der Waals surface area (Å²) in [6.45, 7) is 4.95. The van der Waals surface area contributed by atoms with Crippen LogP contribution in [0.3, 0.4) is 0 Å². The second-order valence-electron chi connectivity index (χ2n) is 6.96. The van der Waals surface area contributed by atoms with E-state index in [-0.39, 0.29) is 24.3 Å². The molecule has 1 fully saturated rings. The van der Waals surface area contributed by atoms with E-state index < -0.39 is 0 Å². The Kier molecular flexibility index (Phi) is 6.57. The second-order valence-corrected chi connectivity index (χ2v) is 7.94. The zero-order chi connectivity index (χ0) is 17.9. The van der Waals surface area contributed by atoms with E-state index in [9.17, 15) is 4.39 Å². The number of aromatic nitrogens is 4. The van der Waals surface area contributed by atoms with Crippen LogP contribution < -0.4 is 0 Å². The van der Waals surface area contributed by atoms with Crippen molar-refractivity contribution in [1.82, 2.24) is 25.1 Å². The zero-order valence-corrected chi connectivity index (χ0v) is 16.8. The van der Waals surface area contributed by atoms with E-state index in [1.807, 2.05) is 4.68 Å². The van der Waals surface area contributed by atoms with Crippen molar-refractivity contribution >= 4 is 23.7 Å². The summed E-state index contributed by atoms with van der Waals surface area (Å²) in [6.07, 6.45) is 2.39. The molecule has 0 amide bonds. The molecule has 8 heteroatoms. The van der Waals surface area contributed by atoms with Crippen LogP contribution in [-0.2, 0) is 6.54 Å². The molecule has 0 spiro atoms. The van der Waals surface area contributed by atoms with Gasteiger partial charge >= 0.3 is 0 Å². The van der Waals surface area contributed by atoms with Crippen molar-refractivity contribution in [1.29, 1.82) is 0 Å². The predicted molar refractivity (Wildman–Crippen MR) is 107 cm³/mol. The molecule has 1 aliphatic heterocycles. The van der Waals surface area contributed by atoms with Gasteiger partial charge in [-0.05, 0) is 71.4 Å². The molecule has 1 aromatic carbocycles. The van der Waals surface area contributed by atoms with Crippen LogP contribution in [-0.4, -0.2) is 38.2 Å².